The molecule has 0 radical (unpaired) electrons. The molecule has 0 saturated heterocycles. The predicted octanol–water partition coefficient (Wildman–Crippen LogP) is 3.77. The van der Waals surface area contributed by atoms with E-state index < -0.39 is 13.7 Å². The Morgan fingerprint density at radius 3 is 2.35 bits per heavy atom. The van der Waals surface area contributed by atoms with E-state index in [0.29, 0.717) is 5.92 Å². The van der Waals surface area contributed by atoms with Gasteiger partial charge in [0.1, 0.15) is 19.1 Å². The van der Waals surface area contributed by atoms with E-state index in [9.17, 15) is 4.79 Å². The maximum absolute atomic E-state index is 11.8. The first-order chi connectivity index (χ1) is 10.5. The third-order valence-electron chi connectivity index (χ3n) is 4.13. The molecule has 1 fully saturated rings. The molecule has 0 atom stereocenters. The van der Waals surface area contributed by atoms with Crippen molar-refractivity contribution in [2.75, 3.05) is 0 Å². The number of alkyl carbamates (subject to hydrolysis) is 1. The van der Waals surface area contributed by atoms with Crippen LogP contribution in [0.15, 0.2) is 10.6 Å². The second kappa shape index (κ2) is 6.67. The highest BCUT2D eigenvalue weighted by Gasteiger charge is 2.29. The van der Waals surface area contributed by atoms with E-state index in [1.54, 1.807) is 0 Å². The highest BCUT2D eigenvalue weighted by molar-refractivity contribution is 6.87. The van der Waals surface area contributed by atoms with Crippen molar-refractivity contribution in [3.8, 4) is 0 Å². The smallest absolute Gasteiger partial charge is 0.407 e. The number of carbonyl (C=O) groups is 1. The van der Waals surface area contributed by atoms with Crippen LogP contribution in [0.25, 0.3) is 0 Å². The topological polar surface area (TPSA) is 64.4 Å². The van der Waals surface area contributed by atoms with Crippen molar-refractivity contribution in [3.63, 3.8) is 0 Å². The molecule has 1 aliphatic rings. The van der Waals surface area contributed by atoms with Gasteiger partial charge in [-0.15, -0.1) is 0 Å². The lowest BCUT2D eigenvalue weighted by molar-refractivity contribution is 0.0491. The van der Waals surface area contributed by atoms with E-state index in [2.05, 4.69) is 36.2 Å². The Kier molecular flexibility index (Phi) is 5.23. The van der Waals surface area contributed by atoms with E-state index in [1.165, 1.54) is 0 Å². The van der Waals surface area contributed by atoms with Gasteiger partial charge in [0.15, 0.2) is 0 Å². The maximum atomic E-state index is 11.8. The van der Waals surface area contributed by atoms with Crippen LogP contribution in [-0.4, -0.2) is 31.0 Å². The summed E-state index contributed by atoms with van der Waals surface area (Å²) in [6.07, 6.45) is 3.65. The Labute approximate surface area is 140 Å². The van der Waals surface area contributed by atoms with Crippen molar-refractivity contribution in [2.24, 2.45) is 0 Å². The summed E-state index contributed by atoms with van der Waals surface area (Å²) < 4.78 is 10.9. The molecule has 1 amide bonds. The molecule has 130 valence electrons. The minimum Gasteiger partial charge on any atom is -0.444 e. The standard InChI is InChI=1S/C17H30N2O3Si/c1-17(2,3)21-16(20)18-13-9-7-12(8-10-13)14-11-15(22-19-14)23(4,5)6/h11-13H,7-10H2,1-6H3,(H,18,20). The average Bonchev–Trinajstić information content (AvgIpc) is 2.86. The summed E-state index contributed by atoms with van der Waals surface area (Å²) in [6, 6.07) is 2.35. The molecule has 23 heavy (non-hydrogen) atoms. The molecule has 0 bridgehead atoms. The normalized spacial score (nSPS) is 22.7. The monoisotopic (exact) mass is 338 g/mol. The number of carbonyl (C=O) groups excluding carboxylic acids is 1. The number of nitrogens with one attached hydrogen (secondary N) is 1. The van der Waals surface area contributed by atoms with Gasteiger partial charge in [-0.25, -0.2) is 4.79 Å². The third kappa shape index (κ3) is 5.37. The fourth-order valence-corrected chi connectivity index (χ4v) is 3.74. The number of nitrogens with zero attached hydrogens (tertiary/aromatic N) is 1. The van der Waals surface area contributed by atoms with Crippen molar-refractivity contribution < 1.29 is 14.1 Å². The molecular weight excluding hydrogens is 308 g/mol. The van der Waals surface area contributed by atoms with E-state index in [-0.39, 0.29) is 12.1 Å². The zero-order valence-electron chi connectivity index (χ0n) is 15.2. The average molecular weight is 339 g/mol. The van der Waals surface area contributed by atoms with Crippen LogP contribution in [0.5, 0.6) is 0 Å². The Morgan fingerprint density at radius 2 is 1.87 bits per heavy atom. The lowest BCUT2D eigenvalue weighted by Crippen LogP contribution is -2.40. The predicted molar refractivity (Wildman–Crippen MR) is 93.8 cm³/mol. The summed E-state index contributed by atoms with van der Waals surface area (Å²) in [5.74, 6) is 0.445. The first-order valence-corrected chi connectivity index (χ1v) is 12.0. The zero-order chi connectivity index (χ0) is 17.3. The van der Waals surface area contributed by atoms with Crippen LogP contribution in [0.1, 0.15) is 58.1 Å². The molecule has 1 aliphatic carbocycles. The number of rotatable bonds is 3. The minimum absolute atomic E-state index is 0.199. The van der Waals surface area contributed by atoms with Gasteiger partial charge in [-0.05, 0) is 52.5 Å². The summed E-state index contributed by atoms with van der Waals surface area (Å²) in [5.41, 5.74) is 0.632. The van der Waals surface area contributed by atoms with Crippen LogP contribution < -0.4 is 10.7 Å². The SMILES string of the molecule is CC(C)(C)OC(=O)NC1CCC(c2cc([Si](C)(C)C)on2)CC1. The van der Waals surface area contributed by atoms with Crippen LogP contribution in [-0.2, 0) is 4.74 Å². The summed E-state index contributed by atoms with van der Waals surface area (Å²) in [5, 5.41) is 8.34. The summed E-state index contributed by atoms with van der Waals surface area (Å²) in [7, 11) is -1.44. The molecule has 2 rings (SSSR count). The molecule has 0 aliphatic heterocycles. The van der Waals surface area contributed by atoms with Gasteiger partial charge in [0.05, 0.1) is 5.69 Å². The molecule has 1 N–H and O–H groups in total. The Morgan fingerprint density at radius 1 is 1.26 bits per heavy atom. The molecule has 1 heterocycles. The summed E-state index contributed by atoms with van der Waals surface area (Å²) in [6.45, 7) is 12.4. The highest BCUT2D eigenvalue weighted by atomic mass is 28.3. The third-order valence-corrected chi connectivity index (χ3v) is 5.85. The molecular formula is C17H30N2O3Si. The molecule has 1 aromatic heterocycles. The molecule has 0 unspecified atom stereocenters. The van der Waals surface area contributed by atoms with Gasteiger partial charge >= 0.3 is 6.09 Å². The van der Waals surface area contributed by atoms with E-state index >= 15 is 0 Å². The zero-order valence-corrected chi connectivity index (χ0v) is 16.2. The van der Waals surface area contributed by atoms with Gasteiger partial charge in [-0.3, -0.25) is 0 Å². The van der Waals surface area contributed by atoms with Crippen LogP contribution in [0.2, 0.25) is 19.6 Å². The fraction of sp³-hybridized carbons (Fsp3) is 0.765. The minimum atomic E-state index is -1.44. The van der Waals surface area contributed by atoms with Crippen LogP contribution in [0.3, 0.4) is 0 Å². The van der Waals surface area contributed by atoms with Crippen molar-refractivity contribution in [1.82, 2.24) is 10.5 Å². The lowest BCUT2D eigenvalue weighted by Gasteiger charge is -2.29. The first-order valence-electron chi connectivity index (χ1n) is 8.51. The molecule has 5 nitrogen and oxygen atoms in total. The number of amides is 1. The van der Waals surface area contributed by atoms with Crippen LogP contribution in [0.4, 0.5) is 4.79 Å². The van der Waals surface area contributed by atoms with Crippen molar-refractivity contribution in [2.45, 2.75) is 83.7 Å². The summed E-state index contributed by atoms with van der Waals surface area (Å²) >= 11 is 0. The molecule has 1 saturated carbocycles. The van der Waals surface area contributed by atoms with Gasteiger partial charge in [-0.1, -0.05) is 24.8 Å². The maximum Gasteiger partial charge on any atom is 0.407 e. The molecule has 0 aromatic carbocycles. The van der Waals surface area contributed by atoms with Crippen LogP contribution >= 0.6 is 0 Å². The van der Waals surface area contributed by atoms with Gasteiger partial charge in [0.2, 0.25) is 0 Å². The second-order valence-electron chi connectivity index (χ2n) is 8.56. The molecule has 6 heteroatoms. The van der Waals surface area contributed by atoms with Crippen molar-refractivity contribution in [3.05, 3.63) is 11.8 Å². The van der Waals surface area contributed by atoms with Crippen molar-refractivity contribution in [1.29, 1.82) is 0 Å². The summed E-state index contributed by atoms with van der Waals surface area (Å²) in [4.78, 5) is 11.8. The quantitative estimate of drug-likeness (QED) is 0.852. The Balaban J connectivity index is 1.84. The van der Waals surface area contributed by atoms with Gasteiger partial charge in [0.25, 0.3) is 0 Å². The van der Waals surface area contributed by atoms with E-state index in [1.807, 2.05) is 20.8 Å². The Hall–Kier alpha value is -1.30. The number of aromatic nitrogens is 1. The highest BCUT2D eigenvalue weighted by Crippen LogP contribution is 2.32. The molecule has 1 aromatic rings. The number of hydrogen-bond donors (Lipinski definition) is 1. The number of hydrogen-bond acceptors (Lipinski definition) is 4. The van der Waals surface area contributed by atoms with E-state index in [4.69, 9.17) is 9.26 Å². The fourth-order valence-electron chi connectivity index (χ4n) is 2.84. The van der Waals surface area contributed by atoms with Gasteiger partial charge in [-0.2, -0.15) is 0 Å². The second-order valence-corrected chi connectivity index (χ2v) is 13.6. The Bertz CT molecular complexity index is 535. The van der Waals surface area contributed by atoms with Gasteiger partial charge in [0, 0.05) is 12.0 Å². The first kappa shape index (κ1) is 18.0. The largest absolute Gasteiger partial charge is 0.444 e. The van der Waals surface area contributed by atoms with Gasteiger partial charge < -0.3 is 14.6 Å². The van der Waals surface area contributed by atoms with E-state index in [0.717, 1.165) is 36.8 Å². The lowest BCUT2D eigenvalue weighted by atomic mass is 9.84. The van der Waals surface area contributed by atoms with Crippen molar-refractivity contribution >= 4 is 19.6 Å². The molecule has 0 spiro atoms. The van der Waals surface area contributed by atoms with Crippen LogP contribution in [0, 0.1) is 0 Å². The number of ether oxygens (including phenoxy) is 1.